The van der Waals surface area contributed by atoms with Crippen LogP contribution in [0.5, 0.6) is 0 Å². The average molecular weight is 196 g/mol. The van der Waals surface area contributed by atoms with E-state index in [1.807, 2.05) is 34.6 Å². The van der Waals surface area contributed by atoms with Crippen molar-refractivity contribution in [3.05, 3.63) is 22.3 Å². The Hall–Kier alpha value is -1.05. The van der Waals surface area contributed by atoms with Gasteiger partial charge >= 0.3 is 5.97 Å². The van der Waals surface area contributed by atoms with Gasteiger partial charge in [-0.1, -0.05) is 5.57 Å². The second-order valence-corrected chi connectivity index (χ2v) is 3.60. The SMILES string of the molecule is CCOC(=O)/C(C)=C(\C)C(C)=C(C)C. The van der Waals surface area contributed by atoms with E-state index in [0.717, 1.165) is 11.1 Å². The van der Waals surface area contributed by atoms with Crippen LogP contribution in [0.15, 0.2) is 22.3 Å². The first-order chi connectivity index (χ1) is 6.41. The fourth-order valence-corrected chi connectivity index (χ4v) is 1.05. The largest absolute Gasteiger partial charge is 0.463 e. The van der Waals surface area contributed by atoms with Crippen LogP contribution in [0.1, 0.15) is 41.5 Å². The summed E-state index contributed by atoms with van der Waals surface area (Å²) in [6, 6.07) is 0. The van der Waals surface area contributed by atoms with Crippen molar-refractivity contribution in [2.75, 3.05) is 6.61 Å². The molecule has 0 aromatic rings. The van der Waals surface area contributed by atoms with Gasteiger partial charge in [0, 0.05) is 5.57 Å². The minimum atomic E-state index is -0.217. The van der Waals surface area contributed by atoms with Crippen molar-refractivity contribution in [3.8, 4) is 0 Å². The second-order valence-electron chi connectivity index (χ2n) is 3.60. The normalized spacial score (nSPS) is 11.9. The van der Waals surface area contributed by atoms with Crippen LogP contribution in [0.2, 0.25) is 0 Å². The molecular weight excluding hydrogens is 176 g/mol. The number of rotatable bonds is 3. The number of esters is 1. The Bertz CT molecular complexity index is 279. The maximum Gasteiger partial charge on any atom is 0.333 e. The van der Waals surface area contributed by atoms with E-state index in [2.05, 4.69) is 0 Å². The monoisotopic (exact) mass is 196 g/mol. The van der Waals surface area contributed by atoms with E-state index < -0.39 is 0 Å². The van der Waals surface area contributed by atoms with Crippen LogP contribution in [0.25, 0.3) is 0 Å². The first kappa shape index (κ1) is 12.9. The third-order valence-electron chi connectivity index (χ3n) is 2.46. The Morgan fingerprint density at radius 3 is 1.79 bits per heavy atom. The molecule has 0 spiro atoms. The third kappa shape index (κ3) is 3.36. The van der Waals surface area contributed by atoms with Gasteiger partial charge in [-0.15, -0.1) is 0 Å². The highest BCUT2D eigenvalue weighted by Crippen LogP contribution is 2.18. The molecule has 0 rings (SSSR count). The molecule has 0 aliphatic carbocycles. The van der Waals surface area contributed by atoms with Crippen molar-refractivity contribution in [1.82, 2.24) is 0 Å². The van der Waals surface area contributed by atoms with E-state index in [-0.39, 0.29) is 5.97 Å². The smallest absolute Gasteiger partial charge is 0.333 e. The summed E-state index contributed by atoms with van der Waals surface area (Å²) in [5, 5.41) is 0. The van der Waals surface area contributed by atoms with Crippen molar-refractivity contribution >= 4 is 5.97 Å². The van der Waals surface area contributed by atoms with Crippen molar-refractivity contribution in [1.29, 1.82) is 0 Å². The van der Waals surface area contributed by atoms with Crippen LogP contribution in [-0.4, -0.2) is 12.6 Å². The molecule has 0 amide bonds. The van der Waals surface area contributed by atoms with Crippen LogP contribution in [0.4, 0.5) is 0 Å². The van der Waals surface area contributed by atoms with Crippen molar-refractivity contribution in [2.24, 2.45) is 0 Å². The van der Waals surface area contributed by atoms with Crippen LogP contribution in [0.3, 0.4) is 0 Å². The highest BCUT2D eigenvalue weighted by molar-refractivity contribution is 5.89. The third-order valence-corrected chi connectivity index (χ3v) is 2.46. The zero-order chi connectivity index (χ0) is 11.3. The molecule has 0 saturated heterocycles. The van der Waals surface area contributed by atoms with Crippen molar-refractivity contribution < 1.29 is 9.53 Å². The van der Waals surface area contributed by atoms with Gasteiger partial charge in [0.25, 0.3) is 0 Å². The van der Waals surface area contributed by atoms with Gasteiger partial charge in [0.2, 0.25) is 0 Å². The summed E-state index contributed by atoms with van der Waals surface area (Å²) in [5.74, 6) is -0.217. The second kappa shape index (κ2) is 5.63. The molecule has 80 valence electrons. The van der Waals surface area contributed by atoms with E-state index >= 15 is 0 Å². The topological polar surface area (TPSA) is 26.3 Å². The molecule has 0 saturated carbocycles. The highest BCUT2D eigenvalue weighted by Gasteiger charge is 2.09. The van der Waals surface area contributed by atoms with Crippen molar-refractivity contribution in [2.45, 2.75) is 41.5 Å². The van der Waals surface area contributed by atoms with E-state index in [4.69, 9.17) is 4.74 Å². The highest BCUT2D eigenvalue weighted by atomic mass is 16.5. The zero-order valence-electron chi connectivity index (χ0n) is 10.0. The van der Waals surface area contributed by atoms with Gasteiger partial charge in [0.15, 0.2) is 0 Å². The lowest BCUT2D eigenvalue weighted by molar-refractivity contribution is -0.138. The van der Waals surface area contributed by atoms with Gasteiger partial charge in [0.1, 0.15) is 0 Å². The van der Waals surface area contributed by atoms with Gasteiger partial charge < -0.3 is 4.74 Å². The lowest BCUT2D eigenvalue weighted by Crippen LogP contribution is -2.07. The fourth-order valence-electron chi connectivity index (χ4n) is 1.05. The predicted octanol–water partition coefficient (Wildman–Crippen LogP) is 3.24. The Balaban J connectivity index is 4.94. The van der Waals surface area contributed by atoms with Gasteiger partial charge in [0.05, 0.1) is 6.61 Å². The number of carbonyl (C=O) groups is 1. The maximum atomic E-state index is 11.4. The quantitative estimate of drug-likeness (QED) is 0.393. The number of hydrogen-bond donors (Lipinski definition) is 0. The Kier molecular flexibility index (Phi) is 5.21. The molecule has 0 N–H and O–H groups in total. The molecule has 0 fully saturated rings. The van der Waals surface area contributed by atoms with Gasteiger partial charge in [-0.25, -0.2) is 4.79 Å². The minimum absolute atomic E-state index is 0.217. The Labute approximate surface area is 86.6 Å². The lowest BCUT2D eigenvalue weighted by Gasteiger charge is -2.09. The van der Waals surface area contributed by atoms with E-state index in [1.54, 1.807) is 6.92 Å². The molecule has 0 aliphatic heterocycles. The van der Waals surface area contributed by atoms with E-state index in [1.165, 1.54) is 5.57 Å². The molecular formula is C12H20O2. The maximum absolute atomic E-state index is 11.4. The van der Waals surface area contributed by atoms with Crippen LogP contribution < -0.4 is 0 Å². The molecule has 0 bridgehead atoms. The first-order valence-electron chi connectivity index (χ1n) is 4.90. The molecule has 0 heterocycles. The summed E-state index contributed by atoms with van der Waals surface area (Å²) in [6.07, 6.45) is 0. The molecule has 0 atom stereocenters. The average Bonchev–Trinajstić information content (AvgIpc) is 2.14. The van der Waals surface area contributed by atoms with Crippen molar-refractivity contribution in [3.63, 3.8) is 0 Å². The fraction of sp³-hybridized carbons (Fsp3) is 0.583. The zero-order valence-corrected chi connectivity index (χ0v) is 10.0. The first-order valence-corrected chi connectivity index (χ1v) is 4.90. The Morgan fingerprint density at radius 2 is 1.43 bits per heavy atom. The summed E-state index contributed by atoms with van der Waals surface area (Å²) in [4.78, 5) is 11.4. The molecule has 0 aromatic carbocycles. The molecule has 14 heavy (non-hydrogen) atoms. The van der Waals surface area contributed by atoms with E-state index in [9.17, 15) is 4.79 Å². The summed E-state index contributed by atoms with van der Waals surface area (Å²) in [5.41, 5.74) is 4.11. The number of ether oxygens (including phenoxy) is 1. The summed E-state index contributed by atoms with van der Waals surface area (Å²) < 4.78 is 4.94. The number of carbonyl (C=O) groups excluding carboxylic acids is 1. The molecule has 0 aromatic heterocycles. The molecule has 0 aliphatic rings. The van der Waals surface area contributed by atoms with Crippen LogP contribution >= 0.6 is 0 Å². The predicted molar refractivity (Wildman–Crippen MR) is 59.1 cm³/mol. The summed E-state index contributed by atoms with van der Waals surface area (Å²) >= 11 is 0. The van der Waals surface area contributed by atoms with E-state index in [0.29, 0.717) is 12.2 Å². The summed E-state index contributed by atoms with van der Waals surface area (Å²) in [6.45, 7) is 12.1. The number of allylic oxidation sites excluding steroid dienone is 3. The standard InChI is InChI=1S/C12H20O2/c1-7-14-12(13)11(6)10(5)9(4)8(2)3/h7H2,1-6H3/b11-10+. The molecule has 0 unspecified atom stereocenters. The molecule has 0 radical (unpaired) electrons. The van der Waals surface area contributed by atoms with Gasteiger partial charge in [-0.3, -0.25) is 0 Å². The lowest BCUT2D eigenvalue weighted by atomic mass is 10.0. The Morgan fingerprint density at radius 1 is 0.929 bits per heavy atom. The minimum Gasteiger partial charge on any atom is -0.463 e. The summed E-state index contributed by atoms with van der Waals surface area (Å²) in [7, 11) is 0. The molecule has 2 nitrogen and oxygen atoms in total. The van der Waals surface area contributed by atoms with Crippen LogP contribution in [0, 0.1) is 0 Å². The molecule has 2 heteroatoms. The van der Waals surface area contributed by atoms with Crippen LogP contribution in [-0.2, 0) is 9.53 Å². The van der Waals surface area contributed by atoms with Gasteiger partial charge in [-0.2, -0.15) is 0 Å². The van der Waals surface area contributed by atoms with Gasteiger partial charge in [-0.05, 0) is 52.7 Å². The number of hydrogen-bond acceptors (Lipinski definition) is 2.